The Morgan fingerprint density at radius 1 is 1.09 bits per heavy atom. The Morgan fingerprint density at radius 2 is 1.81 bits per heavy atom. The molecule has 0 spiro atoms. The zero-order chi connectivity index (χ0) is 22.7. The molecule has 0 bridgehead atoms. The number of anilines is 1. The molecule has 1 atom stereocenters. The summed E-state index contributed by atoms with van der Waals surface area (Å²) in [5.74, 6) is -2.72. The molecule has 2 N–H and O–H groups in total. The van der Waals surface area contributed by atoms with Gasteiger partial charge in [0, 0.05) is 10.7 Å². The summed E-state index contributed by atoms with van der Waals surface area (Å²) >= 11 is 8.50. The highest BCUT2D eigenvalue weighted by atomic mass is 79.9. The third-order valence-corrected chi connectivity index (χ3v) is 5.74. The second-order valence-corrected chi connectivity index (χ2v) is 8.35. The number of amides is 3. The summed E-state index contributed by atoms with van der Waals surface area (Å²) in [7, 11) is 0. The Labute approximate surface area is 197 Å². The lowest BCUT2D eigenvalue weighted by Gasteiger charge is -2.30. The van der Waals surface area contributed by atoms with Gasteiger partial charge < -0.3 is 5.32 Å². The predicted molar refractivity (Wildman–Crippen MR) is 130 cm³/mol. The van der Waals surface area contributed by atoms with Crippen molar-refractivity contribution in [1.82, 2.24) is 10.7 Å². The summed E-state index contributed by atoms with van der Waals surface area (Å²) in [4.78, 5) is 38.8. The minimum atomic E-state index is -1.22. The first-order valence-corrected chi connectivity index (χ1v) is 10.9. The lowest BCUT2D eigenvalue weighted by Crippen LogP contribution is -2.58. The van der Waals surface area contributed by atoms with Crippen LogP contribution in [0.2, 0.25) is 0 Å². The van der Waals surface area contributed by atoms with Crippen LogP contribution in [-0.2, 0) is 20.8 Å². The molecule has 0 aliphatic carbocycles. The number of hydrogen-bond donors (Lipinski definition) is 2. The highest BCUT2D eigenvalue weighted by Gasteiger charge is 2.38. The van der Waals surface area contributed by atoms with E-state index in [0.717, 1.165) is 27.0 Å². The lowest BCUT2D eigenvalue weighted by atomic mass is 10.0. The molecule has 0 radical (unpaired) electrons. The molecule has 3 aromatic carbocycles. The maximum absolute atomic E-state index is 12.9. The Bertz CT molecular complexity index is 1250. The molecule has 160 valence electrons. The minimum Gasteiger partial charge on any atom is -0.301 e. The highest BCUT2D eigenvalue weighted by Crippen LogP contribution is 2.23. The van der Waals surface area contributed by atoms with E-state index in [0.29, 0.717) is 5.69 Å². The molecule has 3 aromatic rings. The lowest BCUT2D eigenvalue weighted by molar-refractivity contribution is -0.130. The Balaban J connectivity index is 1.45. The molecule has 7 nitrogen and oxygen atoms in total. The Hall–Kier alpha value is -3.43. The van der Waals surface area contributed by atoms with Gasteiger partial charge in [-0.05, 0) is 52.8 Å². The summed E-state index contributed by atoms with van der Waals surface area (Å²) in [6, 6.07) is 20.4. The molecule has 3 amide bonds. The maximum atomic E-state index is 12.9. The SMILES string of the molecule is O=C(Cc1cccc2ccccc12)N/N=C\[C@@H]1C(=O)NC(=S)N(c2ccc(Br)cc2)C1=O. The number of nitrogens with one attached hydrogen (secondary N) is 2. The van der Waals surface area contributed by atoms with E-state index >= 15 is 0 Å². The number of rotatable bonds is 5. The standard InChI is InChI=1S/C23H17BrN4O3S/c24-16-8-10-17(11-9-16)28-22(31)19(21(30)26-23(28)32)13-25-27-20(29)12-15-6-3-5-14-4-1-2-7-18(14)15/h1-11,13,19H,12H2,(H,27,29)(H,26,30,32)/b25-13-/t19-/m1/s1. The van der Waals surface area contributed by atoms with Crippen LogP contribution in [-0.4, -0.2) is 29.0 Å². The van der Waals surface area contributed by atoms with Crippen molar-refractivity contribution in [3.8, 4) is 0 Å². The van der Waals surface area contributed by atoms with E-state index < -0.39 is 17.7 Å². The van der Waals surface area contributed by atoms with Gasteiger partial charge in [-0.15, -0.1) is 0 Å². The maximum Gasteiger partial charge on any atom is 0.251 e. The van der Waals surface area contributed by atoms with Crippen molar-refractivity contribution >= 4 is 73.7 Å². The van der Waals surface area contributed by atoms with Gasteiger partial charge in [0.15, 0.2) is 11.0 Å². The molecule has 1 fully saturated rings. The van der Waals surface area contributed by atoms with Gasteiger partial charge in [0.2, 0.25) is 11.8 Å². The topological polar surface area (TPSA) is 90.9 Å². The predicted octanol–water partition coefficient (Wildman–Crippen LogP) is 3.31. The number of hydrazone groups is 1. The number of nitrogens with zero attached hydrogens (tertiary/aromatic N) is 2. The number of hydrogen-bond acceptors (Lipinski definition) is 5. The van der Waals surface area contributed by atoms with Crippen LogP contribution in [0, 0.1) is 5.92 Å². The summed E-state index contributed by atoms with van der Waals surface area (Å²) in [5, 5.41) is 8.37. The second kappa shape index (κ2) is 9.37. The minimum absolute atomic E-state index is 0.00744. The summed E-state index contributed by atoms with van der Waals surface area (Å²) in [5.41, 5.74) is 3.77. The van der Waals surface area contributed by atoms with Crippen LogP contribution in [0.25, 0.3) is 10.8 Å². The van der Waals surface area contributed by atoms with Crippen LogP contribution in [0.3, 0.4) is 0 Å². The van der Waals surface area contributed by atoms with Gasteiger partial charge in [0.05, 0.1) is 12.1 Å². The van der Waals surface area contributed by atoms with Gasteiger partial charge in [0.25, 0.3) is 5.91 Å². The Morgan fingerprint density at radius 3 is 2.59 bits per heavy atom. The monoisotopic (exact) mass is 508 g/mol. The number of fused-ring (bicyclic) bond motifs is 1. The van der Waals surface area contributed by atoms with Crippen molar-refractivity contribution in [3.05, 3.63) is 76.8 Å². The molecule has 32 heavy (non-hydrogen) atoms. The quantitative estimate of drug-likeness (QED) is 0.239. The fourth-order valence-corrected chi connectivity index (χ4v) is 3.96. The average Bonchev–Trinajstić information content (AvgIpc) is 2.77. The first kappa shape index (κ1) is 21.8. The van der Waals surface area contributed by atoms with E-state index in [1.165, 1.54) is 4.90 Å². The molecule has 1 heterocycles. The number of carbonyl (C=O) groups excluding carboxylic acids is 3. The first-order valence-electron chi connectivity index (χ1n) is 9.67. The molecule has 0 saturated carbocycles. The normalized spacial score (nSPS) is 16.5. The van der Waals surface area contributed by atoms with E-state index in [2.05, 4.69) is 31.8 Å². The summed E-state index contributed by atoms with van der Waals surface area (Å²) in [6.45, 7) is 0. The smallest absolute Gasteiger partial charge is 0.251 e. The third kappa shape index (κ3) is 4.58. The number of halogens is 1. The van der Waals surface area contributed by atoms with Crippen LogP contribution >= 0.6 is 28.1 Å². The van der Waals surface area contributed by atoms with Gasteiger partial charge >= 0.3 is 0 Å². The molecular formula is C23H17BrN4O3S. The zero-order valence-corrected chi connectivity index (χ0v) is 19.0. The molecule has 0 aromatic heterocycles. The van der Waals surface area contributed by atoms with E-state index in [4.69, 9.17) is 12.2 Å². The molecular weight excluding hydrogens is 492 g/mol. The third-order valence-electron chi connectivity index (χ3n) is 4.93. The second-order valence-electron chi connectivity index (χ2n) is 7.05. The van der Waals surface area contributed by atoms with Crippen molar-refractivity contribution in [2.24, 2.45) is 11.0 Å². The van der Waals surface area contributed by atoms with E-state index in [1.807, 2.05) is 42.5 Å². The van der Waals surface area contributed by atoms with Gasteiger partial charge in [-0.2, -0.15) is 5.10 Å². The van der Waals surface area contributed by atoms with Crippen LogP contribution in [0.4, 0.5) is 5.69 Å². The van der Waals surface area contributed by atoms with Gasteiger partial charge in [-0.3, -0.25) is 19.3 Å². The van der Waals surface area contributed by atoms with Crippen molar-refractivity contribution < 1.29 is 14.4 Å². The summed E-state index contributed by atoms with van der Waals surface area (Å²) in [6.07, 6.45) is 1.23. The molecule has 1 saturated heterocycles. The highest BCUT2D eigenvalue weighted by molar-refractivity contribution is 9.10. The van der Waals surface area contributed by atoms with Crippen molar-refractivity contribution in [2.75, 3.05) is 4.90 Å². The van der Waals surface area contributed by atoms with E-state index in [9.17, 15) is 14.4 Å². The van der Waals surface area contributed by atoms with Crippen molar-refractivity contribution in [2.45, 2.75) is 6.42 Å². The number of thiocarbonyl (C=S) groups is 1. The average molecular weight is 509 g/mol. The summed E-state index contributed by atoms with van der Waals surface area (Å²) < 4.78 is 0.840. The van der Waals surface area contributed by atoms with Crippen LogP contribution in [0.15, 0.2) is 76.3 Å². The molecule has 9 heteroatoms. The van der Waals surface area contributed by atoms with Crippen molar-refractivity contribution in [3.63, 3.8) is 0 Å². The van der Waals surface area contributed by atoms with E-state index in [1.54, 1.807) is 24.3 Å². The molecule has 1 aliphatic rings. The number of carbonyl (C=O) groups is 3. The molecule has 4 rings (SSSR count). The number of benzene rings is 3. The molecule has 1 aliphatic heterocycles. The van der Waals surface area contributed by atoms with E-state index in [-0.39, 0.29) is 17.4 Å². The fraction of sp³-hybridized carbons (Fsp3) is 0.0870. The largest absolute Gasteiger partial charge is 0.301 e. The molecule has 0 unspecified atom stereocenters. The zero-order valence-electron chi connectivity index (χ0n) is 16.6. The van der Waals surface area contributed by atoms with Gasteiger partial charge in [-0.1, -0.05) is 58.4 Å². The van der Waals surface area contributed by atoms with Gasteiger partial charge in [-0.25, -0.2) is 5.43 Å². The first-order chi connectivity index (χ1) is 15.4. The van der Waals surface area contributed by atoms with Crippen molar-refractivity contribution in [1.29, 1.82) is 0 Å². The fourth-order valence-electron chi connectivity index (χ4n) is 3.40. The van der Waals surface area contributed by atoms with Gasteiger partial charge in [0.1, 0.15) is 0 Å². The van der Waals surface area contributed by atoms with Crippen LogP contribution in [0.5, 0.6) is 0 Å². The van der Waals surface area contributed by atoms with Crippen LogP contribution in [0.1, 0.15) is 5.56 Å². The Kier molecular flexibility index (Phi) is 6.38. The van der Waals surface area contributed by atoms with Crippen LogP contribution < -0.4 is 15.6 Å².